The van der Waals surface area contributed by atoms with Crippen molar-refractivity contribution < 1.29 is 19.2 Å². The molecule has 3 rings (SSSR count). The van der Waals surface area contributed by atoms with Crippen LogP contribution in [0.25, 0.3) is 0 Å². The van der Waals surface area contributed by atoms with Gasteiger partial charge in [-0.1, -0.05) is 42.0 Å². The van der Waals surface area contributed by atoms with E-state index in [1.165, 1.54) is 10.5 Å². The number of carbonyl (C=O) groups excluding carboxylic acids is 2. The lowest BCUT2D eigenvalue weighted by Gasteiger charge is -2.31. The van der Waals surface area contributed by atoms with Crippen molar-refractivity contribution in [1.82, 2.24) is 5.32 Å². The molecule has 2 aromatic carbocycles. The van der Waals surface area contributed by atoms with Crippen LogP contribution in [0, 0.1) is 6.92 Å². The van der Waals surface area contributed by atoms with Crippen LogP contribution >= 0.6 is 0 Å². The van der Waals surface area contributed by atoms with Crippen molar-refractivity contribution in [3.63, 3.8) is 0 Å². The number of anilines is 1. The molecule has 6 heteroatoms. The Kier molecular flexibility index (Phi) is 7.01. The van der Waals surface area contributed by atoms with Crippen molar-refractivity contribution in [2.24, 2.45) is 0 Å². The van der Waals surface area contributed by atoms with E-state index < -0.39 is 0 Å². The number of hydrogen-bond donors (Lipinski definition) is 3. The smallest absolute Gasteiger partial charge is 0.279 e. The third kappa shape index (κ3) is 6.14. The highest BCUT2D eigenvalue weighted by Crippen LogP contribution is 2.15. The van der Waals surface area contributed by atoms with Crippen LogP contribution < -0.4 is 15.5 Å². The maximum atomic E-state index is 12.7. The van der Waals surface area contributed by atoms with Crippen LogP contribution in [0.2, 0.25) is 0 Å². The van der Waals surface area contributed by atoms with Crippen LogP contribution in [0.3, 0.4) is 0 Å². The fourth-order valence-electron chi connectivity index (χ4n) is 3.73. The molecule has 1 aliphatic heterocycles. The molecule has 1 saturated heterocycles. The number of amides is 2. The Morgan fingerprint density at radius 1 is 1.03 bits per heavy atom. The summed E-state index contributed by atoms with van der Waals surface area (Å²) < 4.78 is 5.73. The Bertz CT molecular complexity index is 841. The van der Waals surface area contributed by atoms with Gasteiger partial charge in [0, 0.05) is 6.54 Å². The van der Waals surface area contributed by atoms with Crippen molar-refractivity contribution in [1.29, 1.82) is 0 Å². The van der Waals surface area contributed by atoms with Crippen molar-refractivity contribution in [3.8, 4) is 0 Å². The van der Waals surface area contributed by atoms with Crippen molar-refractivity contribution in [3.05, 3.63) is 65.2 Å². The molecule has 154 valence electrons. The predicted octanol–water partition coefficient (Wildman–Crippen LogP) is 1.56. The lowest BCUT2D eigenvalue weighted by Crippen LogP contribution is -3.16. The van der Waals surface area contributed by atoms with Crippen LogP contribution in [0.1, 0.15) is 35.3 Å². The molecule has 2 amide bonds. The van der Waals surface area contributed by atoms with E-state index in [0.29, 0.717) is 24.3 Å². The van der Waals surface area contributed by atoms with Crippen LogP contribution in [-0.2, 0) is 16.1 Å². The number of rotatable bonds is 6. The van der Waals surface area contributed by atoms with Crippen LogP contribution in [0.4, 0.5) is 5.69 Å². The minimum Gasteiger partial charge on any atom is -0.364 e. The summed E-state index contributed by atoms with van der Waals surface area (Å²) >= 11 is 0. The molecule has 2 aromatic rings. The molecule has 1 unspecified atom stereocenters. The number of carbonyl (C=O) groups is 2. The van der Waals surface area contributed by atoms with Gasteiger partial charge in [-0.2, -0.15) is 0 Å². The molecular weight excluding hydrogens is 366 g/mol. The van der Waals surface area contributed by atoms with Gasteiger partial charge in [0.2, 0.25) is 0 Å². The molecular formula is C23H30N3O3+. The van der Waals surface area contributed by atoms with Gasteiger partial charge in [-0.3, -0.25) is 9.59 Å². The maximum Gasteiger partial charge on any atom is 0.279 e. The van der Waals surface area contributed by atoms with E-state index in [0.717, 1.165) is 18.7 Å². The van der Waals surface area contributed by atoms with Crippen molar-refractivity contribution in [2.75, 3.05) is 25.0 Å². The average molecular weight is 397 g/mol. The molecule has 3 atom stereocenters. The van der Waals surface area contributed by atoms with Gasteiger partial charge >= 0.3 is 0 Å². The van der Waals surface area contributed by atoms with Gasteiger partial charge in [0.1, 0.15) is 25.3 Å². The Morgan fingerprint density at radius 3 is 2.38 bits per heavy atom. The second kappa shape index (κ2) is 9.67. The third-order valence-corrected chi connectivity index (χ3v) is 5.05. The Labute approximate surface area is 172 Å². The first-order valence-corrected chi connectivity index (χ1v) is 10.1. The van der Waals surface area contributed by atoms with E-state index in [-0.39, 0.29) is 24.0 Å². The Hall–Kier alpha value is -2.70. The summed E-state index contributed by atoms with van der Waals surface area (Å²) in [6.07, 6.45) is 0.280. The summed E-state index contributed by atoms with van der Waals surface area (Å²) in [6, 6.07) is 15.1. The first-order valence-electron chi connectivity index (χ1n) is 10.1. The highest BCUT2D eigenvalue weighted by molar-refractivity contribution is 6.03. The standard InChI is InChI=1S/C23H29N3O3/c1-16-8-10-19(11-9-16)12-24-23(28)20-6-4-5-7-21(20)25-22(27)15-26-13-17(2)29-18(3)14-26/h4-11,17-18H,12-15H2,1-3H3,(H,24,28)(H,25,27)/p+1/t17-,18+. The molecule has 6 nitrogen and oxygen atoms in total. The molecule has 0 bridgehead atoms. The zero-order valence-electron chi connectivity index (χ0n) is 17.3. The second-order valence-electron chi connectivity index (χ2n) is 7.85. The number of para-hydroxylation sites is 1. The van der Waals surface area contributed by atoms with E-state index in [9.17, 15) is 9.59 Å². The number of morpholine rings is 1. The van der Waals surface area contributed by atoms with E-state index in [4.69, 9.17) is 4.74 Å². The summed E-state index contributed by atoms with van der Waals surface area (Å²) in [6.45, 7) is 8.49. The minimum atomic E-state index is -0.206. The van der Waals surface area contributed by atoms with Gasteiger partial charge in [0.05, 0.1) is 11.3 Å². The molecule has 29 heavy (non-hydrogen) atoms. The van der Waals surface area contributed by atoms with E-state index in [1.807, 2.05) is 51.1 Å². The molecule has 1 heterocycles. The molecule has 0 aromatic heterocycles. The van der Waals surface area contributed by atoms with Crippen molar-refractivity contribution in [2.45, 2.75) is 39.5 Å². The van der Waals surface area contributed by atoms with Crippen molar-refractivity contribution >= 4 is 17.5 Å². The lowest BCUT2D eigenvalue weighted by atomic mass is 10.1. The Balaban J connectivity index is 1.59. The van der Waals surface area contributed by atoms with Gasteiger partial charge in [-0.05, 0) is 38.5 Å². The minimum absolute atomic E-state index is 0.0971. The summed E-state index contributed by atoms with van der Waals surface area (Å²) in [5.41, 5.74) is 3.21. The fourth-order valence-corrected chi connectivity index (χ4v) is 3.73. The van der Waals surface area contributed by atoms with Gasteiger partial charge in [0.25, 0.3) is 11.8 Å². The summed E-state index contributed by atoms with van der Waals surface area (Å²) in [5, 5.41) is 5.84. The summed E-state index contributed by atoms with van der Waals surface area (Å²) in [5.74, 6) is -0.303. The second-order valence-corrected chi connectivity index (χ2v) is 7.85. The zero-order valence-corrected chi connectivity index (χ0v) is 17.3. The fraction of sp³-hybridized carbons (Fsp3) is 0.391. The molecule has 0 radical (unpaired) electrons. The summed E-state index contributed by atoms with van der Waals surface area (Å²) in [4.78, 5) is 26.4. The highest BCUT2D eigenvalue weighted by atomic mass is 16.5. The summed E-state index contributed by atoms with van der Waals surface area (Å²) in [7, 11) is 0. The monoisotopic (exact) mass is 396 g/mol. The number of ether oxygens (including phenoxy) is 1. The molecule has 0 spiro atoms. The highest BCUT2D eigenvalue weighted by Gasteiger charge is 2.27. The van der Waals surface area contributed by atoms with E-state index >= 15 is 0 Å². The van der Waals surface area contributed by atoms with Crippen LogP contribution in [0.15, 0.2) is 48.5 Å². The molecule has 0 saturated carbocycles. The van der Waals surface area contributed by atoms with Gasteiger partial charge in [0.15, 0.2) is 6.54 Å². The molecule has 1 aliphatic rings. The topological polar surface area (TPSA) is 71.9 Å². The van der Waals surface area contributed by atoms with E-state index in [1.54, 1.807) is 18.2 Å². The molecule has 3 N–H and O–H groups in total. The first kappa shape index (κ1) is 21.0. The van der Waals surface area contributed by atoms with Gasteiger partial charge in [-0.25, -0.2) is 0 Å². The predicted molar refractivity (Wildman–Crippen MR) is 113 cm³/mol. The molecule has 1 fully saturated rings. The number of benzene rings is 2. The van der Waals surface area contributed by atoms with Gasteiger partial charge in [-0.15, -0.1) is 0 Å². The SMILES string of the molecule is Cc1ccc(CNC(=O)c2ccccc2NC(=O)C[NH+]2C[C@@H](C)O[C@@H](C)C2)cc1. The maximum absolute atomic E-state index is 12.7. The van der Waals surface area contributed by atoms with Crippen LogP contribution in [-0.4, -0.2) is 43.7 Å². The number of quaternary nitrogens is 1. The number of nitrogens with one attached hydrogen (secondary N) is 3. The van der Waals surface area contributed by atoms with Gasteiger partial charge < -0.3 is 20.3 Å². The quantitative estimate of drug-likeness (QED) is 0.694. The number of aryl methyl sites for hydroxylation is 1. The Morgan fingerprint density at radius 2 is 1.69 bits per heavy atom. The first-order chi connectivity index (χ1) is 13.9. The van der Waals surface area contributed by atoms with E-state index in [2.05, 4.69) is 10.6 Å². The largest absolute Gasteiger partial charge is 0.364 e. The zero-order chi connectivity index (χ0) is 20.8. The normalized spacial score (nSPS) is 21.4. The van der Waals surface area contributed by atoms with Crippen LogP contribution in [0.5, 0.6) is 0 Å². The average Bonchev–Trinajstić information content (AvgIpc) is 2.67. The third-order valence-electron chi connectivity index (χ3n) is 5.05. The number of hydrogen-bond acceptors (Lipinski definition) is 3. The lowest BCUT2D eigenvalue weighted by molar-refractivity contribution is -0.907. The molecule has 0 aliphatic carbocycles.